The first-order valence-corrected chi connectivity index (χ1v) is 4.82. The molecule has 0 aromatic heterocycles. The SMILES string of the molecule is C=CC(C)NCc1c(F)cc(C#N)cc1F. The molecular formula is C12H12F2N2. The number of nitriles is 1. The third-order valence-electron chi connectivity index (χ3n) is 2.22. The molecule has 1 unspecified atom stereocenters. The topological polar surface area (TPSA) is 35.8 Å². The summed E-state index contributed by atoms with van der Waals surface area (Å²) in [4.78, 5) is 0. The van der Waals surface area contributed by atoms with Gasteiger partial charge in [-0.05, 0) is 19.1 Å². The largest absolute Gasteiger partial charge is 0.307 e. The van der Waals surface area contributed by atoms with Gasteiger partial charge in [-0.3, -0.25) is 0 Å². The number of hydrogen-bond acceptors (Lipinski definition) is 2. The predicted octanol–water partition coefficient (Wildman–Crippen LogP) is 2.50. The molecule has 0 fully saturated rings. The summed E-state index contributed by atoms with van der Waals surface area (Å²) in [5.74, 6) is -1.42. The highest BCUT2D eigenvalue weighted by Crippen LogP contribution is 2.15. The van der Waals surface area contributed by atoms with Crippen LogP contribution in [0.2, 0.25) is 0 Å². The van der Waals surface area contributed by atoms with Gasteiger partial charge in [0.15, 0.2) is 0 Å². The average Bonchev–Trinajstić information content (AvgIpc) is 2.27. The van der Waals surface area contributed by atoms with Gasteiger partial charge < -0.3 is 5.32 Å². The molecule has 2 nitrogen and oxygen atoms in total. The van der Waals surface area contributed by atoms with Crippen LogP contribution in [0.5, 0.6) is 0 Å². The maximum absolute atomic E-state index is 13.4. The van der Waals surface area contributed by atoms with E-state index < -0.39 is 11.6 Å². The van der Waals surface area contributed by atoms with E-state index in [1.54, 1.807) is 12.1 Å². The zero-order chi connectivity index (χ0) is 12.1. The molecule has 0 aliphatic rings. The Morgan fingerprint density at radius 2 is 2.06 bits per heavy atom. The fraction of sp³-hybridized carbons (Fsp3) is 0.250. The van der Waals surface area contributed by atoms with Crippen LogP contribution in [0.25, 0.3) is 0 Å². The predicted molar refractivity (Wildman–Crippen MR) is 57.6 cm³/mol. The van der Waals surface area contributed by atoms with Crippen molar-refractivity contribution in [3.63, 3.8) is 0 Å². The van der Waals surface area contributed by atoms with Crippen LogP contribution >= 0.6 is 0 Å². The number of nitrogens with one attached hydrogen (secondary N) is 1. The molecule has 0 aliphatic heterocycles. The normalized spacial score (nSPS) is 11.9. The van der Waals surface area contributed by atoms with E-state index >= 15 is 0 Å². The molecule has 4 heteroatoms. The van der Waals surface area contributed by atoms with Crippen LogP contribution in [0.3, 0.4) is 0 Å². The van der Waals surface area contributed by atoms with E-state index in [1.165, 1.54) is 0 Å². The van der Waals surface area contributed by atoms with Crippen LogP contribution in [-0.2, 0) is 6.54 Å². The molecule has 0 heterocycles. The molecule has 84 valence electrons. The zero-order valence-electron chi connectivity index (χ0n) is 8.93. The first-order valence-electron chi connectivity index (χ1n) is 4.82. The number of hydrogen-bond donors (Lipinski definition) is 1. The Kier molecular flexibility index (Phi) is 4.15. The molecule has 0 saturated heterocycles. The molecule has 0 bridgehead atoms. The van der Waals surface area contributed by atoms with Gasteiger partial charge in [0.1, 0.15) is 11.6 Å². The third kappa shape index (κ3) is 2.88. The highest BCUT2D eigenvalue weighted by Gasteiger charge is 2.11. The van der Waals surface area contributed by atoms with Gasteiger partial charge in [-0.25, -0.2) is 8.78 Å². The van der Waals surface area contributed by atoms with Gasteiger partial charge in [-0.1, -0.05) is 6.08 Å². The molecule has 1 aromatic rings. The molecule has 0 amide bonds. The number of rotatable bonds is 4. The maximum atomic E-state index is 13.4. The second-order valence-electron chi connectivity index (χ2n) is 3.44. The van der Waals surface area contributed by atoms with Gasteiger partial charge in [-0.2, -0.15) is 5.26 Å². The minimum atomic E-state index is -0.708. The van der Waals surface area contributed by atoms with E-state index in [0.717, 1.165) is 12.1 Å². The summed E-state index contributed by atoms with van der Waals surface area (Å²) in [6.07, 6.45) is 1.64. The van der Waals surface area contributed by atoms with E-state index in [9.17, 15) is 8.78 Å². The number of benzene rings is 1. The van der Waals surface area contributed by atoms with E-state index in [4.69, 9.17) is 5.26 Å². The number of halogens is 2. The Labute approximate surface area is 93.2 Å². The molecule has 0 radical (unpaired) electrons. The van der Waals surface area contributed by atoms with Crippen LogP contribution in [0.4, 0.5) is 8.78 Å². The summed E-state index contributed by atoms with van der Waals surface area (Å²) >= 11 is 0. The van der Waals surface area contributed by atoms with Gasteiger partial charge in [0.05, 0.1) is 11.6 Å². The van der Waals surface area contributed by atoms with Gasteiger partial charge >= 0.3 is 0 Å². The lowest BCUT2D eigenvalue weighted by molar-refractivity contribution is 0.526. The lowest BCUT2D eigenvalue weighted by Crippen LogP contribution is -2.24. The van der Waals surface area contributed by atoms with E-state index in [2.05, 4.69) is 11.9 Å². The van der Waals surface area contributed by atoms with Crippen LogP contribution in [0, 0.1) is 23.0 Å². The maximum Gasteiger partial charge on any atom is 0.131 e. The first kappa shape index (κ1) is 12.3. The highest BCUT2D eigenvalue weighted by molar-refractivity contribution is 5.34. The van der Waals surface area contributed by atoms with Crippen molar-refractivity contribution in [1.29, 1.82) is 5.26 Å². The standard InChI is InChI=1S/C12H12F2N2/c1-3-8(2)16-7-10-11(13)4-9(6-15)5-12(10)14/h3-5,8,16H,1,7H2,2H3. The van der Waals surface area contributed by atoms with E-state index in [0.29, 0.717) is 0 Å². The number of nitrogens with zero attached hydrogens (tertiary/aromatic N) is 1. The Morgan fingerprint density at radius 1 is 1.50 bits per heavy atom. The summed E-state index contributed by atoms with van der Waals surface area (Å²) in [6.45, 7) is 5.44. The Hall–Kier alpha value is -1.73. The summed E-state index contributed by atoms with van der Waals surface area (Å²) in [7, 11) is 0. The van der Waals surface area contributed by atoms with Crippen LogP contribution < -0.4 is 5.32 Å². The second kappa shape index (κ2) is 5.38. The van der Waals surface area contributed by atoms with Gasteiger partial charge in [0, 0.05) is 18.2 Å². The van der Waals surface area contributed by atoms with Crippen molar-refractivity contribution < 1.29 is 8.78 Å². The molecule has 0 aliphatic carbocycles. The van der Waals surface area contributed by atoms with E-state index in [1.807, 2.05) is 6.92 Å². The third-order valence-corrected chi connectivity index (χ3v) is 2.22. The first-order chi connectivity index (χ1) is 7.58. The quantitative estimate of drug-likeness (QED) is 0.794. The molecule has 1 N–H and O–H groups in total. The molecule has 1 rings (SSSR count). The van der Waals surface area contributed by atoms with Crippen molar-refractivity contribution in [1.82, 2.24) is 5.32 Å². The van der Waals surface area contributed by atoms with Crippen LogP contribution in [-0.4, -0.2) is 6.04 Å². The molecule has 1 atom stereocenters. The van der Waals surface area contributed by atoms with Gasteiger partial charge in [0.2, 0.25) is 0 Å². The van der Waals surface area contributed by atoms with Crippen molar-refractivity contribution >= 4 is 0 Å². The van der Waals surface area contributed by atoms with Crippen molar-refractivity contribution in [2.24, 2.45) is 0 Å². The van der Waals surface area contributed by atoms with Crippen molar-refractivity contribution in [2.45, 2.75) is 19.5 Å². The van der Waals surface area contributed by atoms with Crippen LogP contribution in [0.1, 0.15) is 18.1 Å². The molecule has 0 saturated carbocycles. The van der Waals surface area contributed by atoms with Gasteiger partial charge in [-0.15, -0.1) is 6.58 Å². The van der Waals surface area contributed by atoms with Crippen molar-refractivity contribution in [3.05, 3.63) is 47.5 Å². The molecule has 1 aromatic carbocycles. The Bertz CT molecular complexity index is 412. The average molecular weight is 222 g/mol. The van der Waals surface area contributed by atoms with Crippen molar-refractivity contribution in [2.75, 3.05) is 0 Å². The van der Waals surface area contributed by atoms with E-state index in [-0.39, 0.29) is 23.7 Å². The van der Waals surface area contributed by atoms with Crippen LogP contribution in [0.15, 0.2) is 24.8 Å². The lowest BCUT2D eigenvalue weighted by atomic mass is 10.1. The van der Waals surface area contributed by atoms with Crippen molar-refractivity contribution in [3.8, 4) is 6.07 Å². The minimum absolute atomic E-state index is 0.0180. The zero-order valence-corrected chi connectivity index (χ0v) is 8.93. The summed E-state index contributed by atoms with van der Waals surface area (Å²) in [6, 6.07) is 3.72. The highest BCUT2D eigenvalue weighted by atomic mass is 19.1. The molecule has 16 heavy (non-hydrogen) atoms. The smallest absolute Gasteiger partial charge is 0.131 e. The summed E-state index contributed by atoms with van der Waals surface area (Å²) in [5.41, 5.74) is -0.0804. The fourth-order valence-electron chi connectivity index (χ4n) is 1.18. The fourth-order valence-corrected chi connectivity index (χ4v) is 1.18. The Balaban J connectivity index is 2.89. The molecular weight excluding hydrogens is 210 g/mol. The summed E-state index contributed by atoms with van der Waals surface area (Å²) < 4.78 is 26.8. The monoisotopic (exact) mass is 222 g/mol. The minimum Gasteiger partial charge on any atom is -0.307 e. The second-order valence-corrected chi connectivity index (χ2v) is 3.44. The molecule has 0 spiro atoms. The summed E-state index contributed by atoms with van der Waals surface area (Å²) in [5, 5.41) is 11.4. The van der Waals surface area contributed by atoms with Gasteiger partial charge in [0.25, 0.3) is 0 Å². The Morgan fingerprint density at radius 3 is 2.50 bits per heavy atom. The lowest BCUT2D eigenvalue weighted by Gasteiger charge is -2.10.